The van der Waals surface area contributed by atoms with Crippen molar-refractivity contribution in [3.8, 4) is 28.3 Å². The molecule has 0 saturated heterocycles. The summed E-state index contributed by atoms with van der Waals surface area (Å²) in [6.45, 7) is 8.62. The molecule has 1 amide bonds. The third kappa shape index (κ3) is 7.27. The summed E-state index contributed by atoms with van der Waals surface area (Å²) in [7, 11) is 3.91. The molecule has 216 valence electrons. The van der Waals surface area contributed by atoms with Crippen LogP contribution in [0.15, 0.2) is 66.7 Å². The van der Waals surface area contributed by atoms with Gasteiger partial charge in [0.15, 0.2) is 5.69 Å². The summed E-state index contributed by atoms with van der Waals surface area (Å²) in [6.07, 6.45) is 1.03. The first-order valence-electron chi connectivity index (χ1n) is 13.9. The molecule has 0 unspecified atom stereocenters. The molecule has 2 N–H and O–H groups in total. The Hall–Kier alpha value is -4.30. The van der Waals surface area contributed by atoms with Crippen LogP contribution in [0.3, 0.4) is 0 Å². The average Bonchev–Trinajstić information content (AvgIpc) is 3.22. The van der Waals surface area contributed by atoms with Crippen molar-refractivity contribution >= 4 is 28.5 Å². The van der Waals surface area contributed by atoms with E-state index in [0.29, 0.717) is 28.8 Å². The molecule has 1 aromatic heterocycles. The Morgan fingerprint density at radius 3 is 1.95 bits per heavy atom. The Kier molecular flexibility index (Phi) is 9.35. The largest absolute Gasteiger partial charge is 0.491 e. The number of aromatic nitrogens is 1. The molecule has 0 aliphatic rings. The van der Waals surface area contributed by atoms with E-state index >= 15 is 0 Å². The highest BCUT2D eigenvalue weighted by atomic mass is 16.5. The first-order valence-corrected chi connectivity index (χ1v) is 13.9. The summed E-state index contributed by atoms with van der Waals surface area (Å²) < 4.78 is 13.2. The van der Waals surface area contributed by atoms with Gasteiger partial charge in [-0.25, -0.2) is 4.79 Å². The fraction of sp³-hybridized carbons (Fsp3) is 0.333. The van der Waals surface area contributed by atoms with E-state index in [-0.39, 0.29) is 35.9 Å². The quantitative estimate of drug-likeness (QED) is 0.198. The molecule has 0 bridgehead atoms. The Bertz CT molecular complexity index is 1500. The lowest BCUT2D eigenvalue weighted by Crippen LogP contribution is -2.18. The molecule has 3 aromatic carbocycles. The minimum absolute atomic E-state index is 0.00341. The van der Waals surface area contributed by atoms with E-state index in [1.54, 1.807) is 4.57 Å². The maximum absolute atomic E-state index is 13.0. The molecule has 1 heterocycles. The molecule has 0 aliphatic heterocycles. The van der Waals surface area contributed by atoms with E-state index in [1.165, 1.54) is 0 Å². The monoisotopic (exact) mass is 557 g/mol. The molecule has 8 nitrogen and oxygen atoms in total. The van der Waals surface area contributed by atoms with Gasteiger partial charge >= 0.3 is 5.97 Å². The lowest BCUT2D eigenvalue weighted by atomic mass is 10.0. The number of nitrogens with one attached hydrogen (secondary N) is 1. The van der Waals surface area contributed by atoms with Crippen molar-refractivity contribution in [1.82, 2.24) is 9.47 Å². The van der Waals surface area contributed by atoms with Crippen LogP contribution in [0.25, 0.3) is 27.7 Å². The number of ether oxygens (including phenoxy) is 2. The summed E-state index contributed by atoms with van der Waals surface area (Å²) in [5, 5.41) is 14.0. The second-order valence-electron chi connectivity index (χ2n) is 10.9. The maximum Gasteiger partial charge on any atom is 0.355 e. The predicted octanol–water partition coefficient (Wildman–Crippen LogP) is 6.85. The number of amides is 1. The number of rotatable bonds is 12. The molecular formula is C33H39N3O5. The molecule has 4 rings (SSSR count). The number of carboxylic acid groups (broad SMARTS) is 1. The molecule has 4 aromatic rings. The topological polar surface area (TPSA) is 93.0 Å². The fourth-order valence-electron chi connectivity index (χ4n) is 4.77. The van der Waals surface area contributed by atoms with Crippen LogP contribution in [-0.4, -0.2) is 59.3 Å². The standard InChI is InChI=1S/C33H39N3O5/c1-21(2)40-26-14-9-23(10-15-26)24-11-18-29-28(20-24)31(34-30(37)8-7-19-35(5)6)32(33(38)39)36(29)25-12-16-27(17-13-25)41-22(3)4/h9-18,20-22H,7-8,19H2,1-6H3,(H,34,37)(H,38,39). The molecule has 0 spiro atoms. The number of nitrogens with zero attached hydrogens (tertiary/aromatic N) is 2. The van der Waals surface area contributed by atoms with Crippen LogP contribution in [0.4, 0.5) is 5.69 Å². The summed E-state index contributed by atoms with van der Waals surface area (Å²) in [5.74, 6) is 0.108. The van der Waals surface area contributed by atoms with Gasteiger partial charge in [0.25, 0.3) is 0 Å². The van der Waals surface area contributed by atoms with Gasteiger partial charge in [-0.2, -0.15) is 0 Å². The van der Waals surface area contributed by atoms with E-state index < -0.39 is 5.97 Å². The molecule has 0 aliphatic carbocycles. The Morgan fingerprint density at radius 2 is 1.41 bits per heavy atom. The number of anilines is 1. The first kappa shape index (κ1) is 29.7. The molecule has 8 heteroatoms. The van der Waals surface area contributed by atoms with E-state index in [1.807, 2.05) is 113 Å². The number of fused-ring (bicyclic) bond motifs is 1. The number of carbonyl (C=O) groups is 2. The van der Waals surface area contributed by atoms with Crippen LogP contribution >= 0.6 is 0 Å². The van der Waals surface area contributed by atoms with Crippen molar-refractivity contribution < 1.29 is 24.2 Å². The normalized spacial score (nSPS) is 11.4. The third-order valence-electron chi connectivity index (χ3n) is 6.47. The summed E-state index contributed by atoms with van der Waals surface area (Å²) in [4.78, 5) is 27.8. The van der Waals surface area contributed by atoms with Crippen LogP contribution < -0.4 is 14.8 Å². The van der Waals surface area contributed by atoms with Crippen molar-refractivity contribution in [2.24, 2.45) is 0 Å². The zero-order valence-electron chi connectivity index (χ0n) is 24.6. The SMILES string of the molecule is CC(C)Oc1ccc(-c2ccc3c(c2)c(NC(=O)CCCN(C)C)c(C(=O)O)n3-c2ccc(OC(C)C)cc2)cc1. The number of carboxylic acids is 1. The number of hydrogen-bond donors (Lipinski definition) is 2. The molecular weight excluding hydrogens is 518 g/mol. The Morgan fingerprint density at radius 1 is 0.854 bits per heavy atom. The van der Waals surface area contributed by atoms with Crippen LogP contribution in [0.1, 0.15) is 51.0 Å². The van der Waals surface area contributed by atoms with E-state index in [9.17, 15) is 14.7 Å². The van der Waals surface area contributed by atoms with Crippen LogP contribution in [0.2, 0.25) is 0 Å². The highest BCUT2D eigenvalue weighted by molar-refractivity contribution is 6.12. The molecule has 0 fully saturated rings. The zero-order chi connectivity index (χ0) is 29.7. The van der Waals surface area contributed by atoms with Crippen LogP contribution in [0, 0.1) is 0 Å². The smallest absolute Gasteiger partial charge is 0.355 e. The van der Waals surface area contributed by atoms with Gasteiger partial charge < -0.3 is 29.4 Å². The number of benzene rings is 3. The molecule has 41 heavy (non-hydrogen) atoms. The van der Waals surface area contributed by atoms with Crippen molar-refractivity contribution in [3.05, 3.63) is 72.4 Å². The highest BCUT2D eigenvalue weighted by Gasteiger charge is 2.25. The van der Waals surface area contributed by atoms with E-state index in [2.05, 4.69) is 5.32 Å². The van der Waals surface area contributed by atoms with Crippen molar-refractivity contribution in [2.45, 2.75) is 52.7 Å². The van der Waals surface area contributed by atoms with Crippen molar-refractivity contribution in [2.75, 3.05) is 26.0 Å². The second kappa shape index (κ2) is 12.9. The van der Waals surface area contributed by atoms with Crippen molar-refractivity contribution in [3.63, 3.8) is 0 Å². The van der Waals surface area contributed by atoms with Gasteiger partial charge in [0.05, 0.1) is 23.4 Å². The summed E-state index contributed by atoms with van der Waals surface area (Å²) in [5.41, 5.74) is 3.45. The van der Waals surface area contributed by atoms with Crippen LogP contribution in [-0.2, 0) is 4.79 Å². The first-order chi connectivity index (χ1) is 19.5. The summed E-state index contributed by atoms with van der Waals surface area (Å²) >= 11 is 0. The van der Waals surface area contributed by atoms with Crippen LogP contribution in [0.5, 0.6) is 11.5 Å². The van der Waals surface area contributed by atoms with E-state index in [0.717, 1.165) is 23.4 Å². The highest BCUT2D eigenvalue weighted by Crippen LogP contribution is 2.37. The second-order valence-corrected chi connectivity index (χ2v) is 10.9. The number of aromatic carboxylic acids is 1. The van der Waals surface area contributed by atoms with Gasteiger partial charge in [0.1, 0.15) is 11.5 Å². The lowest BCUT2D eigenvalue weighted by molar-refractivity contribution is -0.116. The zero-order valence-corrected chi connectivity index (χ0v) is 24.6. The van der Waals surface area contributed by atoms with Crippen molar-refractivity contribution in [1.29, 1.82) is 0 Å². The maximum atomic E-state index is 13.0. The molecule has 0 radical (unpaired) electrons. The van der Waals surface area contributed by atoms with Gasteiger partial charge in [-0.05, 0) is 114 Å². The van der Waals surface area contributed by atoms with Gasteiger partial charge in [0, 0.05) is 17.5 Å². The van der Waals surface area contributed by atoms with E-state index in [4.69, 9.17) is 9.47 Å². The summed E-state index contributed by atoms with van der Waals surface area (Å²) in [6, 6.07) is 20.9. The number of carbonyl (C=O) groups excluding carboxylic acids is 1. The van der Waals surface area contributed by atoms with Gasteiger partial charge in [0.2, 0.25) is 5.91 Å². The fourth-order valence-corrected chi connectivity index (χ4v) is 4.77. The average molecular weight is 558 g/mol. The lowest BCUT2D eigenvalue weighted by Gasteiger charge is -2.13. The Labute approximate surface area is 241 Å². The third-order valence-corrected chi connectivity index (χ3v) is 6.47. The van der Waals surface area contributed by atoms with Gasteiger partial charge in [-0.3, -0.25) is 4.79 Å². The van der Waals surface area contributed by atoms with Gasteiger partial charge in [-0.1, -0.05) is 18.2 Å². The minimum atomic E-state index is -1.14. The van der Waals surface area contributed by atoms with Gasteiger partial charge in [-0.15, -0.1) is 0 Å². The minimum Gasteiger partial charge on any atom is -0.491 e. The number of hydrogen-bond acceptors (Lipinski definition) is 5. The molecule has 0 atom stereocenters. The Balaban J connectivity index is 1.83. The predicted molar refractivity (Wildman–Crippen MR) is 164 cm³/mol. The molecule has 0 saturated carbocycles.